The van der Waals surface area contributed by atoms with Crippen molar-refractivity contribution in [3.05, 3.63) is 82.1 Å². The molecule has 148 valence electrons. The zero-order valence-corrected chi connectivity index (χ0v) is 15.4. The van der Waals surface area contributed by atoms with Crippen molar-refractivity contribution in [2.75, 3.05) is 6.54 Å². The molecular weight excluding hydrogens is 374 g/mol. The van der Waals surface area contributed by atoms with Crippen molar-refractivity contribution >= 4 is 11.9 Å². The van der Waals surface area contributed by atoms with Gasteiger partial charge in [0.05, 0.1) is 0 Å². The van der Waals surface area contributed by atoms with Gasteiger partial charge in [0.2, 0.25) is 0 Å². The molecule has 0 unspecified atom stereocenters. The van der Waals surface area contributed by atoms with E-state index in [9.17, 15) is 19.5 Å². The summed E-state index contributed by atoms with van der Waals surface area (Å²) >= 11 is 0. The predicted molar refractivity (Wildman–Crippen MR) is 106 cm³/mol. The first-order chi connectivity index (χ1) is 14.0. The number of carbonyl (C=O) groups excluding carboxylic acids is 1. The highest BCUT2D eigenvalue weighted by molar-refractivity contribution is 5.99. The molecule has 2 aromatic carbocycles. The van der Waals surface area contributed by atoms with Crippen LogP contribution >= 0.6 is 0 Å². The quantitative estimate of drug-likeness (QED) is 0.561. The number of carbonyl (C=O) groups is 2. The summed E-state index contributed by atoms with van der Waals surface area (Å²) in [6.07, 6.45) is 0.489. The molecule has 8 heteroatoms. The molecular formula is C21H19N3O5. The minimum atomic E-state index is -1.26. The van der Waals surface area contributed by atoms with Crippen LogP contribution in [-0.4, -0.2) is 38.4 Å². The Hall–Kier alpha value is -3.94. The van der Waals surface area contributed by atoms with Gasteiger partial charge in [-0.1, -0.05) is 60.7 Å². The Labute approximate surface area is 166 Å². The molecule has 0 saturated heterocycles. The molecule has 0 spiro atoms. The first kappa shape index (κ1) is 19.8. The van der Waals surface area contributed by atoms with E-state index < -0.39 is 35.3 Å². The number of benzene rings is 2. The average Bonchev–Trinajstić information content (AvgIpc) is 2.73. The number of rotatable bonds is 7. The molecule has 0 atom stereocenters. The van der Waals surface area contributed by atoms with Gasteiger partial charge in [0.25, 0.3) is 11.5 Å². The lowest BCUT2D eigenvalue weighted by Crippen LogP contribution is -2.37. The first-order valence-electron chi connectivity index (χ1n) is 8.91. The van der Waals surface area contributed by atoms with Crippen LogP contribution in [0.25, 0.3) is 11.3 Å². The number of nitrogens with one attached hydrogen (secondary N) is 1. The van der Waals surface area contributed by atoms with Crippen LogP contribution in [0.3, 0.4) is 0 Å². The van der Waals surface area contributed by atoms with Gasteiger partial charge in [-0.25, -0.2) is 4.68 Å². The van der Waals surface area contributed by atoms with Crippen molar-refractivity contribution < 1.29 is 19.8 Å². The maximum absolute atomic E-state index is 12.8. The molecule has 0 radical (unpaired) electrons. The van der Waals surface area contributed by atoms with E-state index in [0.717, 1.165) is 10.2 Å². The van der Waals surface area contributed by atoms with Gasteiger partial charge in [-0.15, -0.1) is 0 Å². The zero-order valence-electron chi connectivity index (χ0n) is 15.4. The number of nitrogens with zero attached hydrogens (tertiary/aromatic N) is 2. The summed E-state index contributed by atoms with van der Waals surface area (Å²) in [6, 6.07) is 18.1. The van der Waals surface area contributed by atoms with Gasteiger partial charge >= 0.3 is 5.97 Å². The van der Waals surface area contributed by atoms with E-state index in [2.05, 4.69) is 10.4 Å². The Kier molecular flexibility index (Phi) is 6.03. The van der Waals surface area contributed by atoms with Crippen molar-refractivity contribution in [1.29, 1.82) is 0 Å². The van der Waals surface area contributed by atoms with Gasteiger partial charge in [0, 0.05) is 12.1 Å². The van der Waals surface area contributed by atoms with Crippen LogP contribution in [0.2, 0.25) is 0 Å². The van der Waals surface area contributed by atoms with E-state index in [4.69, 9.17) is 5.11 Å². The SMILES string of the molecule is O=C(O)CNC(=O)c1c(O)c(-c2ccccc2)nn(CCc2ccccc2)c1=O. The van der Waals surface area contributed by atoms with Gasteiger partial charge in [-0.2, -0.15) is 5.10 Å². The van der Waals surface area contributed by atoms with Crippen LogP contribution in [-0.2, 0) is 17.8 Å². The molecule has 29 heavy (non-hydrogen) atoms. The number of carboxylic acid groups (broad SMARTS) is 1. The van der Waals surface area contributed by atoms with Crippen LogP contribution in [0, 0.1) is 0 Å². The van der Waals surface area contributed by atoms with Crippen LogP contribution in [0.15, 0.2) is 65.5 Å². The maximum atomic E-state index is 12.8. The fourth-order valence-corrected chi connectivity index (χ4v) is 2.83. The Morgan fingerprint density at radius 1 is 1.00 bits per heavy atom. The minimum absolute atomic E-state index is 0.0683. The molecule has 0 aliphatic heterocycles. The van der Waals surface area contributed by atoms with Crippen molar-refractivity contribution in [2.45, 2.75) is 13.0 Å². The summed E-state index contributed by atoms with van der Waals surface area (Å²) in [4.78, 5) is 36.0. The van der Waals surface area contributed by atoms with Gasteiger partial charge in [-0.05, 0) is 12.0 Å². The van der Waals surface area contributed by atoms with Crippen LogP contribution in [0.4, 0.5) is 0 Å². The summed E-state index contributed by atoms with van der Waals surface area (Å²) in [5, 5.41) is 25.7. The van der Waals surface area contributed by atoms with E-state index >= 15 is 0 Å². The standard InChI is InChI=1S/C21H19N3O5/c25-16(26)13-22-20(28)17-19(27)18(15-9-5-2-6-10-15)23-24(21(17)29)12-11-14-7-3-1-4-8-14/h1-10,27H,11-13H2,(H,22,28)(H,25,26). The fraction of sp³-hybridized carbons (Fsp3) is 0.143. The smallest absolute Gasteiger partial charge is 0.322 e. The van der Waals surface area contributed by atoms with Gasteiger partial charge in [-0.3, -0.25) is 14.4 Å². The predicted octanol–water partition coefficient (Wildman–Crippen LogP) is 1.67. The Balaban J connectivity index is 2.05. The van der Waals surface area contributed by atoms with Gasteiger partial charge < -0.3 is 15.5 Å². The lowest BCUT2D eigenvalue weighted by Gasteiger charge is -2.13. The molecule has 0 aliphatic carbocycles. The average molecular weight is 393 g/mol. The summed E-state index contributed by atoms with van der Waals surface area (Å²) < 4.78 is 1.12. The molecule has 0 saturated carbocycles. The van der Waals surface area contributed by atoms with Crippen LogP contribution in [0.1, 0.15) is 15.9 Å². The third-order valence-electron chi connectivity index (χ3n) is 4.26. The molecule has 0 bridgehead atoms. The van der Waals surface area contributed by atoms with E-state index in [0.29, 0.717) is 12.0 Å². The fourth-order valence-electron chi connectivity index (χ4n) is 2.83. The molecule has 3 aromatic rings. The third kappa shape index (κ3) is 4.67. The molecule has 8 nitrogen and oxygen atoms in total. The number of aliphatic carboxylic acids is 1. The van der Waals surface area contributed by atoms with E-state index in [1.54, 1.807) is 30.3 Å². The molecule has 1 heterocycles. The van der Waals surface area contributed by atoms with E-state index in [1.165, 1.54) is 0 Å². The largest absolute Gasteiger partial charge is 0.505 e. The normalized spacial score (nSPS) is 10.5. The second-order valence-electron chi connectivity index (χ2n) is 6.28. The second kappa shape index (κ2) is 8.83. The summed E-state index contributed by atoms with van der Waals surface area (Å²) in [5.41, 5.74) is 0.242. The number of amides is 1. The highest BCUT2D eigenvalue weighted by Gasteiger charge is 2.24. The van der Waals surface area contributed by atoms with Crippen molar-refractivity contribution in [3.63, 3.8) is 0 Å². The molecule has 3 rings (SSSR count). The number of hydrogen-bond acceptors (Lipinski definition) is 5. The highest BCUT2D eigenvalue weighted by Crippen LogP contribution is 2.28. The topological polar surface area (TPSA) is 122 Å². The number of hydrogen-bond donors (Lipinski definition) is 3. The van der Waals surface area contributed by atoms with Gasteiger partial charge in [0.1, 0.15) is 12.2 Å². The lowest BCUT2D eigenvalue weighted by atomic mass is 10.1. The number of carboxylic acids is 1. The second-order valence-corrected chi connectivity index (χ2v) is 6.28. The molecule has 1 amide bonds. The Morgan fingerprint density at radius 3 is 2.24 bits per heavy atom. The Bertz CT molecular complexity index is 1080. The van der Waals surface area contributed by atoms with Crippen LogP contribution in [0.5, 0.6) is 5.75 Å². The summed E-state index contributed by atoms with van der Waals surface area (Å²) in [6.45, 7) is -0.493. The first-order valence-corrected chi connectivity index (χ1v) is 8.91. The van der Waals surface area contributed by atoms with E-state index in [-0.39, 0.29) is 12.2 Å². The number of aromatic nitrogens is 2. The van der Waals surface area contributed by atoms with E-state index in [1.807, 2.05) is 30.3 Å². The summed E-state index contributed by atoms with van der Waals surface area (Å²) in [7, 11) is 0. The van der Waals surface area contributed by atoms with Crippen LogP contribution < -0.4 is 10.9 Å². The third-order valence-corrected chi connectivity index (χ3v) is 4.26. The van der Waals surface area contributed by atoms with Crippen molar-refractivity contribution in [3.8, 4) is 17.0 Å². The minimum Gasteiger partial charge on any atom is -0.505 e. The molecule has 0 fully saturated rings. The summed E-state index contributed by atoms with van der Waals surface area (Å²) in [5.74, 6) is -2.82. The maximum Gasteiger partial charge on any atom is 0.322 e. The lowest BCUT2D eigenvalue weighted by molar-refractivity contribution is -0.135. The molecule has 1 aromatic heterocycles. The number of aryl methyl sites for hydroxylation is 2. The monoisotopic (exact) mass is 393 g/mol. The van der Waals surface area contributed by atoms with Crippen molar-refractivity contribution in [2.24, 2.45) is 0 Å². The molecule has 0 aliphatic rings. The van der Waals surface area contributed by atoms with Gasteiger partial charge in [0.15, 0.2) is 11.3 Å². The van der Waals surface area contributed by atoms with Crippen molar-refractivity contribution in [1.82, 2.24) is 15.1 Å². The number of aromatic hydroxyl groups is 1. The molecule has 3 N–H and O–H groups in total. The zero-order chi connectivity index (χ0) is 20.8. The Morgan fingerprint density at radius 2 is 1.62 bits per heavy atom. The highest BCUT2D eigenvalue weighted by atomic mass is 16.4.